The number of fused-ring (bicyclic) bond motifs is 1. The Morgan fingerprint density at radius 2 is 2.06 bits per heavy atom. The Hall–Kier alpha value is -1.39. The molecule has 0 aromatic heterocycles. The van der Waals surface area contributed by atoms with E-state index in [-0.39, 0.29) is 12.5 Å². The second-order valence-electron chi connectivity index (χ2n) is 4.81. The summed E-state index contributed by atoms with van der Waals surface area (Å²) in [6.07, 6.45) is 4.91. The van der Waals surface area contributed by atoms with Crippen LogP contribution in [0.4, 0.5) is 0 Å². The highest BCUT2D eigenvalue weighted by Crippen LogP contribution is 2.22. The van der Waals surface area contributed by atoms with Crippen LogP contribution in [-0.2, 0) is 29.0 Å². The molecule has 0 radical (unpaired) electrons. The monoisotopic (exact) mass is 248 g/mol. The van der Waals surface area contributed by atoms with Crippen LogP contribution in [0.1, 0.15) is 29.5 Å². The van der Waals surface area contributed by atoms with E-state index >= 15 is 0 Å². The summed E-state index contributed by atoms with van der Waals surface area (Å²) in [5, 5.41) is 1.05. The van der Waals surface area contributed by atoms with E-state index in [1.165, 1.54) is 37.4 Å². The molecule has 1 aromatic carbocycles. The molecule has 2 N–H and O–H groups in total. The van der Waals surface area contributed by atoms with Gasteiger partial charge in [0.25, 0.3) is 5.91 Å². The van der Waals surface area contributed by atoms with Gasteiger partial charge >= 0.3 is 0 Å². The highest BCUT2D eigenvalue weighted by molar-refractivity contribution is 5.76. The molecule has 1 amide bonds. The number of hydrazine groups is 1. The van der Waals surface area contributed by atoms with Crippen LogP contribution < -0.4 is 5.84 Å². The van der Waals surface area contributed by atoms with Crippen molar-refractivity contribution in [3.63, 3.8) is 0 Å². The third kappa shape index (κ3) is 3.31. The van der Waals surface area contributed by atoms with Crippen molar-refractivity contribution in [1.29, 1.82) is 0 Å². The standard InChI is InChI=1S/C14H20N2O2/c1-16(15)14(17)10-18-9-11-6-7-12-4-2-3-5-13(12)8-11/h6-8H,2-5,9-10,15H2,1H3. The van der Waals surface area contributed by atoms with Gasteiger partial charge in [-0.05, 0) is 42.4 Å². The molecule has 2 rings (SSSR count). The fraction of sp³-hybridized carbons (Fsp3) is 0.500. The summed E-state index contributed by atoms with van der Waals surface area (Å²) in [6, 6.07) is 6.47. The number of hydrogen-bond acceptors (Lipinski definition) is 3. The van der Waals surface area contributed by atoms with Crippen LogP contribution >= 0.6 is 0 Å². The highest BCUT2D eigenvalue weighted by Gasteiger charge is 2.10. The minimum Gasteiger partial charge on any atom is -0.367 e. The molecular formula is C14H20N2O2. The minimum atomic E-state index is -0.215. The van der Waals surface area contributed by atoms with Crippen molar-refractivity contribution in [2.75, 3.05) is 13.7 Å². The Kier molecular flexibility index (Phi) is 4.33. The van der Waals surface area contributed by atoms with Gasteiger partial charge in [-0.15, -0.1) is 0 Å². The lowest BCUT2D eigenvalue weighted by molar-refractivity contribution is -0.135. The first-order valence-corrected chi connectivity index (χ1v) is 6.36. The number of amides is 1. The zero-order valence-electron chi connectivity index (χ0n) is 10.8. The van der Waals surface area contributed by atoms with Crippen LogP contribution in [0.15, 0.2) is 18.2 Å². The number of likely N-dealkylation sites (N-methyl/N-ethyl adjacent to an activating group) is 1. The summed E-state index contributed by atoms with van der Waals surface area (Å²) in [7, 11) is 1.52. The number of hydrogen-bond donors (Lipinski definition) is 1. The average Bonchev–Trinajstić information content (AvgIpc) is 2.38. The van der Waals surface area contributed by atoms with Crippen molar-refractivity contribution < 1.29 is 9.53 Å². The van der Waals surface area contributed by atoms with E-state index in [1.54, 1.807) is 0 Å². The predicted octanol–water partition coefficient (Wildman–Crippen LogP) is 1.41. The van der Waals surface area contributed by atoms with Crippen LogP contribution in [0.25, 0.3) is 0 Å². The van der Waals surface area contributed by atoms with Gasteiger partial charge in [0.1, 0.15) is 6.61 Å². The molecule has 98 valence electrons. The van der Waals surface area contributed by atoms with Crippen LogP contribution in [0.5, 0.6) is 0 Å². The Bertz CT molecular complexity index is 430. The van der Waals surface area contributed by atoms with E-state index in [1.807, 2.05) is 0 Å². The fourth-order valence-electron chi connectivity index (χ4n) is 2.23. The number of nitrogens with two attached hydrogens (primary N) is 1. The molecule has 0 saturated heterocycles. The molecule has 4 nitrogen and oxygen atoms in total. The van der Waals surface area contributed by atoms with Gasteiger partial charge in [-0.3, -0.25) is 9.80 Å². The number of benzene rings is 1. The summed E-state index contributed by atoms with van der Waals surface area (Å²) in [5.74, 6) is 5.10. The van der Waals surface area contributed by atoms with E-state index in [4.69, 9.17) is 10.6 Å². The molecule has 0 unspecified atom stereocenters. The van der Waals surface area contributed by atoms with E-state index in [9.17, 15) is 4.79 Å². The zero-order valence-corrected chi connectivity index (χ0v) is 10.8. The van der Waals surface area contributed by atoms with Gasteiger partial charge in [-0.1, -0.05) is 18.2 Å². The van der Waals surface area contributed by atoms with E-state index in [2.05, 4.69) is 18.2 Å². The van der Waals surface area contributed by atoms with E-state index in [0.717, 1.165) is 17.0 Å². The van der Waals surface area contributed by atoms with Gasteiger partial charge in [-0.2, -0.15) is 0 Å². The Labute approximate surface area is 108 Å². The summed E-state index contributed by atoms with van der Waals surface area (Å²) in [6.45, 7) is 0.497. The van der Waals surface area contributed by atoms with Crippen LogP contribution in [0, 0.1) is 0 Å². The minimum absolute atomic E-state index is 0.0318. The molecule has 4 heteroatoms. The molecular weight excluding hydrogens is 228 g/mol. The van der Waals surface area contributed by atoms with Gasteiger partial charge in [0.05, 0.1) is 6.61 Å². The first-order chi connectivity index (χ1) is 8.66. The van der Waals surface area contributed by atoms with Crippen molar-refractivity contribution in [3.8, 4) is 0 Å². The molecule has 0 spiro atoms. The lowest BCUT2D eigenvalue weighted by atomic mass is 9.90. The molecule has 1 aromatic rings. The lowest BCUT2D eigenvalue weighted by Gasteiger charge is -2.16. The molecule has 18 heavy (non-hydrogen) atoms. The van der Waals surface area contributed by atoms with Gasteiger partial charge < -0.3 is 4.74 Å². The van der Waals surface area contributed by atoms with Crippen LogP contribution in [-0.4, -0.2) is 24.6 Å². The maximum atomic E-state index is 11.2. The van der Waals surface area contributed by atoms with Gasteiger partial charge in [0.15, 0.2) is 0 Å². The summed E-state index contributed by atoms with van der Waals surface area (Å²) < 4.78 is 5.36. The predicted molar refractivity (Wildman–Crippen MR) is 69.7 cm³/mol. The van der Waals surface area contributed by atoms with Crippen molar-refractivity contribution in [2.45, 2.75) is 32.3 Å². The first-order valence-electron chi connectivity index (χ1n) is 6.36. The number of nitrogens with zero attached hydrogens (tertiary/aromatic N) is 1. The largest absolute Gasteiger partial charge is 0.367 e. The fourth-order valence-corrected chi connectivity index (χ4v) is 2.23. The number of carbonyl (C=O) groups excluding carboxylic acids is 1. The highest BCUT2D eigenvalue weighted by atomic mass is 16.5. The van der Waals surface area contributed by atoms with Crippen molar-refractivity contribution >= 4 is 5.91 Å². The van der Waals surface area contributed by atoms with E-state index < -0.39 is 0 Å². The smallest absolute Gasteiger partial charge is 0.262 e. The SMILES string of the molecule is CN(N)C(=O)COCc1ccc2c(c1)CCCC2. The first kappa shape index (κ1) is 13.1. The van der Waals surface area contributed by atoms with E-state index in [0.29, 0.717) is 6.61 Å². The topological polar surface area (TPSA) is 55.6 Å². The van der Waals surface area contributed by atoms with Crippen molar-refractivity contribution in [3.05, 3.63) is 34.9 Å². The third-order valence-electron chi connectivity index (χ3n) is 3.30. The summed E-state index contributed by atoms with van der Waals surface area (Å²) in [4.78, 5) is 11.2. The second-order valence-corrected chi connectivity index (χ2v) is 4.81. The molecule has 1 aliphatic rings. The molecule has 0 fully saturated rings. The molecule has 0 saturated carbocycles. The van der Waals surface area contributed by atoms with Gasteiger partial charge in [0, 0.05) is 7.05 Å². The number of aryl methyl sites for hydroxylation is 2. The van der Waals surface area contributed by atoms with Crippen LogP contribution in [0.2, 0.25) is 0 Å². The lowest BCUT2D eigenvalue weighted by Crippen LogP contribution is -2.35. The molecule has 0 heterocycles. The normalized spacial score (nSPS) is 14.1. The average molecular weight is 248 g/mol. The van der Waals surface area contributed by atoms with Gasteiger partial charge in [-0.25, -0.2) is 5.84 Å². The number of ether oxygens (including phenoxy) is 1. The summed E-state index contributed by atoms with van der Waals surface area (Å²) in [5.41, 5.74) is 4.02. The van der Waals surface area contributed by atoms with Gasteiger partial charge in [0.2, 0.25) is 0 Å². The number of carbonyl (C=O) groups is 1. The van der Waals surface area contributed by atoms with Crippen molar-refractivity contribution in [2.24, 2.45) is 5.84 Å². The van der Waals surface area contributed by atoms with Crippen molar-refractivity contribution in [1.82, 2.24) is 5.01 Å². The van der Waals surface area contributed by atoms with Crippen LogP contribution in [0.3, 0.4) is 0 Å². The second kappa shape index (κ2) is 5.98. The Morgan fingerprint density at radius 3 is 2.78 bits per heavy atom. The molecule has 0 bridgehead atoms. The Balaban J connectivity index is 1.88. The molecule has 1 aliphatic carbocycles. The quantitative estimate of drug-likeness (QED) is 0.498. The zero-order chi connectivity index (χ0) is 13.0. The maximum Gasteiger partial charge on any atom is 0.262 e. The Morgan fingerprint density at radius 1 is 1.33 bits per heavy atom. The maximum absolute atomic E-state index is 11.2. The number of rotatable bonds is 4. The molecule has 0 aliphatic heterocycles. The summed E-state index contributed by atoms with van der Waals surface area (Å²) >= 11 is 0. The molecule has 0 atom stereocenters. The third-order valence-corrected chi connectivity index (χ3v) is 3.30.